The molecule has 3 heterocycles. The average Bonchev–Trinajstić information content (AvgIpc) is 3.09. The fourth-order valence-electron chi connectivity index (χ4n) is 1.95. The fraction of sp³-hybridized carbons (Fsp3) is 0.364. The molecule has 0 saturated carbocycles. The second-order valence-electron chi connectivity index (χ2n) is 4.01. The lowest BCUT2D eigenvalue weighted by atomic mass is 10.3. The van der Waals surface area contributed by atoms with E-state index in [0.717, 1.165) is 13.1 Å². The summed E-state index contributed by atoms with van der Waals surface area (Å²) in [7, 11) is 0. The minimum absolute atomic E-state index is 0.424. The van der Waals surface area contributed by atoms with E-state index in [1.165, 1.54) is 12.8 Å². The van der Waals surface area contributed by atoms with Crippen molar-refractivity contribution < 1.29 is 4.52 Å². The number of nitriles is 1. The molecule has 86 valence electrons. The molecule has 0 atom stereocenters. The van der Waals surface area contributed by atoms with E-state index in [1.807, 2.05) is 6.07 Å². The Hall–Kier alpha value is -2.29. The van der Waals surface area contributed by atoms with Gasteiger partial charge in [-0.2, -0.15) is 10.2 Å². The Bertz CT molecular complexity index is 558. The van der Waals surface area contributed by atoms with Gasteiger partial charge in [-0.25, -0.2) is 0 Å². The van der Waals surface area contributed by atoms with Gasteiger partial charge in [0.2, 0.25) is 0 Å². The first-order valence-corrected chi connectivity index (χ1v) is 5.54. The third kappa shape index (κ3) is 1.76. The third-order valence-electron chi connectivity index (χ3n) is 2.85. The van der Waals surface area contributed by atoms with Crippen LogP contribution in [0.4, 0.5) is 5.95 Å². The van der Waals surface area contributed by atoms with Gasteiger partial charge < -0.3 is 14.4 Å². The maximum absolute atomic E-state index is 8.73. The molecule has 0 amide bonds. The number of aromatic amines is 1. The van der Waals surface area contributed by atoms with E-state index in [4.69, 9.17) is 9.78 Å². The topological polar surface area (TPSA) is 81.7 Å². The summed E-state index contributed by atoms with van der Waals surface area (Å²) >= 11 is 0. The molecule has 2 aromatic heterocycles. The highest BCUT2D eigenvalue weighted by Crippen LogP contribution is 2.22. The molecule has 0 bridgehead atoms. The Kier molecular flexibility index (Phi) is 2.29. The van der Waals surface area contributed by atoms with Crippen molar-refractivity contribution in [1.29, 1.82) is 5.26 Å². The van der Waals surface area contributed by atoms with Crippen LogP contribution in [0.15, 0.2) is 16.8 Å². The summed E-state index contributed by atoms with van der Waals surface area (Å²) in [5, 5.41) is 12.7. The molecule has 17 heavy (non-hydrogen) atoms. The van der Waals surface area contributed by atoms with Crippen LogP contribution in [0.3, 0.4) is 0 Å². The summed E-state index contributed by atoms with van der Waals surface area (Å²) in [5.74, 6) is 1.05. The largest absolute Gasteiger partial charge is 0.356 e. The Labute approximate surface area is 97.9 Å². The lowest BCUT2D eigenvalue weighted by Gasteiger charge is -2.09. The predicted octanol–water partition coefficient (Wildman–Crippen LogP) is 1.54. The van der Waals surface area contributed by atoms with Crippen molar-refractivity contribution in [3.8, 4) is 17.7 Å². The molecule has 1 N–H and O–H groups in total. The number of hydrogen-bond acceptors (Lipinski definition) is 5. The van der Waals surface area contributed by atoms with Gasteiger partial charge in [-0.3, -0.25) is 0 Å². The standard InChI is InChI=1S/C11H11N5O/c12-6-8-5-9(13-7-8)10-14-11(15-17-10)16-3-1-2-4-16/h5,7,13H,1-4H2. The second-order valence-corrected chi connectivity index (χ2v) is 4.01. The van der Waals surface area contributed by atoms with Gasteiger partial charge in [0.05, 0.1) is 5.56 Å². The van der Waals surface area contributed by atoms with Crippen LogP contribution in [0.2, 0.25) is 0 Å². The van der Waals surface area contributed by atoms with E-state index >= 15 is 0 Å². The van der Waals surface area contributed by atoms with Gasteiger partial charge in [-0.05, 0) is 24.1 Å². The molecule has 0 aromatic carbocycles. The van der Waals surface area contributed by atoms with Crippen LogP contribution in [0, 0.1) is 11.3 Å². The fourth-order valence-corrected chi connectivity index (χ4v) is 1.95. The molecule has 0 unspecified atom stereocenters. The summed E-state index contributed by atoms with van der Waals surface area (Å²) in [6.07, 6.45) is 3.96. The molecule has 2 aromatic rings. The van der Waals surface area contributed by atoms with Crippen molar-refractivity contribution in [2.75, 3.05) is 18.0 Å². The lowest BCUT2D eigenvalue weighted by molar-refractivity contribution is 0.429. The number of hydrogen-bond donors (Lipinski definition) is 1. The highest BCUT2D eigenvalue weighted by molar-refractivity contribution is 5.53. The Morgan fingerprint density at radius 1 is 1.41 bits per heavy atom. The van der Waals surface area contributed by atoms with E-state index < -0.39 is 0 Å². The van der Waals surface area contributed by atoms with Gasteiger partial charge in [-0.15, -0.1) is 0 Å². The van der Waals surface area contributed by atoms with E-state index in [9.17, 15) is 0 Å². The number of rotatable bonds is 2. The number of nitrogens with one attached hydrogen (secondary N) is 1. The Morgan fingerprint density at radius 2 is 2.24 bits per heavy atom. The van der Waals surface area contributed by atoms with E-state index in [-0.39, 0.29) is 0 Å². The first kappa shape index (κ1) is 9.90. The summed E-state index contributed by atoms with van der Waals surface area (Å²) in [6, 6.07) is 3.74. The molecule has 1 saturated heterocycles. The van der Waals surface area contributed by atoms with Gasteiger partial charge in [0.1, 0.15) is 11.8 Å². The Morgan fingerprint density at radius 3 is 2.94 bits per heavy atom. The number of aromatic nitrogens is 3. The molecule has 3 rings (SSSR count). The van der Waals surface area contributed by atoms with E-state index in [1.54, 1.807) is 12.3 Å². The zero-order chi connectivity index (χ0) is 11.7. The van der Waals surface area contributed by atoms with Crippen LogP contribution < -0.4 is 4.90 Å². The van der Waals surface area contributed by atoms with Gasteiger partial charge in [-0.1, -0.05) is 0 Å². The molecular weight excluding hydrogens is 218 g/mol. The maximum atomic E-state index is 8.73. The minimum Gasteiger partial charge on any atom is -0.356 e. The van der Waals surface area contributed by atoms with Crippen molar-refractivity contribution >= 4 is 5.95 Å². The van der Waals surface area contributed by atoms with Gasteiger partial charge in [0.15, 0.2) is 0 Å². The SMILES string of the molecule is N#Cc1c[nH]c(-c2nc(N3CCCC3)no2)c1. The maximum Gasteiger partial charge on any atom is 0.275 e. The van der Waals surface area contributed by atoms with Crippen molar-refractivity contribution in [1.82, 2.24) is 15.1 Å². The van der Waals surface area contributed by atoms with Crippen LogP contribution in [0.5, 0.6) is 0 Å². The molecule has 1 aliphatic heterocycles. The molecular formula is C11H11N5O. The minimum atomic E-state index is 0.424. The van der Waals surface area contributed by atoms with Crippen molar-refractivity contribution in [3.05, 3.63) is 17.8 Å². The summed E-state index contributed by atoms with van der Waals surface area (Å²) in [4.78, 5) is 9.36. The van der Waals surface area contributed by atoms with Gasteiger partial charge in [0, 0.05) is 19.3 Å². The van der Waals surface area contributed by atoms with Crippen LogP contribution >= 0.6 is 0 Å². The van der Waals surface area contributed by atoms with Gasteiger partial charge >= 0.3 is 0 Å². The number of anilines is 1. The normalized spacial score (nSPS) is 15.1. The van der Waals surface area contributed by atoms with E-state index in [0.29, 0.717) is 23.1 Å². The van der Waals surface area contributed by atoms with Crippen molar-refractivity contribution in [2.24, 2.45) is 0 Å². The molecule has 0 radical (unpaired) electrons. The molecule has 0 aliphatic carbocycles. The number of H-pyrrole nitrogens is 1. The lowest BCUT2D eigenvalue weighted by Crippen LogP contribution is -2.18. The quantitative estimate of drug-likeness (QED) is 0.844. The van der Waals surface area contributed by atoms with Crippen molar-refractivity contribution in [3.63, 3.8) is 0 Å². The first-order chi connectivity index (χ1) is 8.36. The summed E-state index contributed by atoms with van der Waals surface area (Å²) in [5.41, 5.74) is 1.24. The summed E-state index contributed by atoms with van der Waals surface area (Å²) in [6.45, 7) is 1.96. The van der Waals surface area contributed by atoms with Crippen LogP contribution in [-0.2, 0) is 0 Å². The monoisotopic (exact) mass is 229 g/mol. The highest BCUT2D eigenvalue weighted by atomic mass is 16.5. The van der Waals surface area contributed by atoms with Crippen molar-refractivity contribution in [2.45, 2.75) is 12.8 Å². The second kappa shape index (κ2) is 3.94. The zero-order valence-electron chi connectivity index (χ0n) is 9.18. The number of nitrogens with zero attached hydrogens (tertiary/aromatic N) is 4. The highest BCUT2D eigenvalue weighted by Gasteiger charge is 2.19. The molecule has 6 nitrogen and oxygen atoms in total. The average molecular weight is 229 g/mol. The van der Waals surface area contributed by atoms with Crippen LogP contribution in [0.25, 0.3) is 11.6 Å². The molecule has 6 heteroatoms. The van der Waals surface area contributed by atoms with Crippen LogP contribution in [-0.4, -0.2) is 28.2 Å². The third-order valence-corrected chi connectivity index (χ3v) is 2.85. The molecule has 0 spiro atoms. The Balaban J connectivity index is 1.86. The molecule has 1 aliphatic rings. The van der Waals surface area contributed by atoms with Crippen LogP contribution in [0.1, 0.15) is 18.4 Å². The predicted molar refractivity (Wildman–Crippen MR) is 60.2 cm³/mol. The zero-order valence-corrected chi connectivity index (χ0v) is 9.18. The molecule has 1 fully saturated rings. The van der Waals surface area contributed by atoms with E-state index in [2.05, 4.69) is 20.0 Å². The van der Waals surface area contributed by atoms with Gasteiger partial charge in [0.25, 0.3) is 11.8 Å². The smallest absolute Gasteiger partial charge is 0.275 e. The summed E-state index contributed by atoms with van der Waals surface area (Å²) < 4.78 is 5.18. The first-order valence-electron chi connectivity index (χ1n) is 5.54.